The predicted molar refractivity (Wildman–Crippen MR) is 64.3 cm³/mol. The van der Waals surface area contributed by atoms with Crippen molar-refractivity contribution >= 4 is 23.2 Å². The SMILES string of the molecule is Cc1nc(-c2c(Cl)cccc2Cl)n(O)c1C. The van der Waals surface area contributed by atoms with Gasteiger partial charge in [-0.25, -0.2) is 4.98 Å². The van der Waals surface area contributed by atoms with Gasteiger partial charge in [0.2, 0.25) is 0 Å². The summed E-state index contributed by atoms with van der Waals surface area (Å²) in [6.07, 6.45) is 0. The lowest BCUT2D eigenvalue weighted by Gasteiger charge is -2.05. The van der Waals surface area contributed by atoms with Crippen LogP contribution in [-0.4, -0.2) is 14.9 Å². The van der Waals surface area contributed by atoms with Crippen LogP contribution in [0.4, 0.5) is 0 Å². The van der Waals surface area contributed by atoms with Gasteiger partial charge in [-0.1, -0.05) is 29.3 Å². The number of halogens is 2. The molecule has 0 aliphatic carbocycles. The Kier molecular flexibility index (Phi) is 2.82. The smallest absolute Gasteiger partial charge is 0.178 e. The Hall–Kier alpha value is -1.19. The van der Waals surface area contributed by atoms with Crippen molar-refractivity contribution in [1.82, 2.24) is 9.71 Å². The molecule has 0 aliphatic heterocycles. The van der Waals surface area contributed by atoms with Gasteiger partial charge >= 0.3 is 0 Å². The molecular formula is C11H10Cl2N2O. The van der Waals surface area contributed by atoms with Gasteiger partial charge in [0.05, 0.1) is 27.0 Å². The Morgan fingerprint density at radius 3 is 2.19 bits per heavy atom. The lowest BCUT2D eigenvalue weighted by atomic mass is 10.2. The molecule has 0 unspecified atom stereocenters. The van der Waals surface area contributed by atoms with Crippen molar-refractivity contribution in [1.29, 1.82) is 0 Å². The average molecular weight is 257 g/mol. The second kappa shape index (κ2) is 4.00. The number of benzene rings is 1. The van der Waals surface area contributed by atoms with Crippen LogP contribution < -0.4 is 0 Å². The van der Waals surface area contributed by atoms with E-state index in [1.54, 1.807) is 25.1 Å². The fraction of sp³-hybridized carbons (Fsp3) is 0.182. The summed E-state index contributed by atoms with van der Waals surface area (Å²) in [5.74, 6) is 0.366. The van der Waals surface area contributed by atoms with Crippen molar-refractivity contribution < 1.29 is 5.21 Å². The molecule has 0 amide bonds. The molecule has 1 aromatic carbocycles. The first-order chi connectivity index (χ1) is 7.52. The molecule has 5 heteroatoms. The first-order valence-electron chi connectivity index (χ1n) is 4.72. The largest absolute Gasteiger partial charge is 0.427 e. The van der Waals surface area contributed by atoms with Gasteiger partial charge in [0.1, 0.15) is 0 Å². The molecule has 1 N–H and O–H groups in total. The Bertz CT molecular complexity index is 529. The minimum absolute atomic E-state index is 0.366. The van der Waals surface area contributed by atoms with Crippen LogP contribution in [-0.2, 0) is 0 Å². The first kappa shape index (κ1) is 11.3. The van der Waals surface area contributed by atoms with Gasteiger partial charge < -0.3 is 5.21 Å². The van der Waals surface area contributed by atoms with Crippen LogP contribution in [0.25, 0.3) is 11.4 Å². The van der Waals surface area contributed by atoms with E-state index in [2.05, 4.69) is 4.98 Å². The summed E-state index contributed by atoms with van der Waals surface area (Å²) in [4.78, 5) is 4.25. The summed E-state index contributed by atoms with van der Waals surface area (Å²) < 4.78 is 1.00. The van der Waals surface area contributed by atoms with E-state index < -0.39 is 0 Å². The molecule has 16 heavy (non-hydrogen) atoms. The summed E-state index contributed by atoms with van der Waals surface area (Å²) in [6, 6.07) is 5.17. The standard InChI is InChI=1S/C11H10Cl2N2O/c1-6-7(2)15(16)11(14-6)10-8(12)4-3-5-9(10)13/h3-5,16H,1-2H3. The van der Waals surface area contributed by atoms with Gasteiger partial charge in [-0.15, -0.1) is 0 Å². The Balaban J connectivity index is 2.72. The zero-order valence-electron chi connectivity index (χ0n) is 8.83. The van der Waals surface area contributed by atoms with Crippen LogP contribution in [0.3, 0.4) is 0 Å². The molecule has 0 fully saturated rings. The van der Waals surface area contributed by atoms with Crippen molar-refractivity contribution in [2.45, 2.75) is 13.8 Å². The topological polar surface area (TPSA) is 38.0 Å². The van der Waals surface area contributed by atoms with Crippen molar-refractivity contribution in [2.24, 2.45) is 0 Å². The molecule has 2 rings (SSSR count). The zero-order valence-corrected chi connectivity index (χ0v) is 10.3. The van der Waals surface area contributed by atoms with E-state index in [1.165, 1.54) is 0 Å². The van der Waals surface area contributed by atoms with Crippen LogP contribution >= 0.6 is 23.2 Å². The summed E-state index contributed by atoms with van der Waals surface area (Å²) in [6.45, 7) is 3.59. The molecule has 2 aromatic rings. The highest BCUT2D eigenvalue weighted by Crippen LogP contribution is 2.34. The van der Waals surface area contributed by atoms with Gasteiger partial charge in [0.15, 0.2) is 5.82 Å². The van der Waals surface area contributed by atoms with E-state index >= 15 is 0 Å². The number of hydrogen-bond donors (Lipinski definition) is 1. The molecule has 0 saturated heterocycles. The quantitative estimate of drug-likeness (QED) is 0.791. The molecule has 0 saturated carbocycles. The van der Waals surface area contributed by atoms with E-state index in [9.17, 15) is 5.21 Å². The summed E-state index contributed by atoms with van der Waals surface area (Å²) in [5.41, 5.74) is 1.96. The van der Waals surface area contributed by atoms with Gasteiger partial charge in [-0.05, 0) is 26.0 Å². The number of nitrogens with zero attached hydrogens (tertiary/aromatic N) is 2. The van der Waals surface area contributed by atoms with Crippen LogP contribution in [0.1, 0.15) is 11.4 Å². The molecule has 84 valence electrons. The average Bonchev–Trinajstić information content (AvgIpc) is 2.47. The fourth-order valence-electron chi connectivity index (χ4n) is 1.47. The Morgan fingerprint density at radius 1 is 1.19 bits per heavy atom. The zero-order chi connectivity index (χ0) is 11.9. The molecule has 3 nitrogen and oxygen atoms in total. The van der Waals surface area contributed by atoms with Crippen LogP contribution in [0.2, 0.25) is 10.0 Å². The lowest BCUT2D eigenvalue weighted by Crippen LogP contribution is -1.97. The monoisotopic (exact) mass is 256 g/mol. The van der Waals surface area contributed by atoms with Crippen LogP contribution in [0.15, 0.2) is 18.2 Å². The highest BCUT2D eigenvalue weighted by Gasteiger charge is 2.17. The minimum Gasteiger partial charge on any atom is -0.427 e. The summed E-state index contributed by atoms with van der Waals surface area (Å²) in [5, 5.41) is 10.8. The van der Waals surface area contributed by atoms with Gasteiger partial charge in [0.25, 0.3) is 0 Å². The fourth-order valence-corrected chi connectivity index (χ4v) is 2.04. The van der Waals surface area contributed by atoms with Crippen LogP contribution in [0.5, 0.6) is 0 Å². The molecule has 1 heterocycles. The number of aromatic nitrogens is 2. The highest BCUT2D eigenvalue weighted by atomic mass is 35.5. The van der Waals surface area contributed by atoms with E-state index in [0.717, 1.165) is 10.4 Å². The maximum atomic E-state index is 9.86. The lowest BCUT2D eigenvalue weighted by molar-refractivity contribution is 0.184. The second-order valence-electron chi connectivity index (χ2n) is 3.51. The number of imidazole rings is 1. The van der Waals surface area contributed by atoms with E-state index in [1.807, 2.05) is 6.92 Å². The van der Waals surface area contributed by atoms with Crippen molar-refractivity contribution in [3.8, 4) is 11.4 Å². The molecule has 0 radical (unpaired) electrons. The van der Waals surface area contributed by atoms with E-state index in [4.69, 9.17) is 23.2 Å². The van der Waals surface area contributed by atoms with E-state index in [0.29, 0.717) is 27.1 Å². The molecular weight excluding hydrogens is 247 g/mol. The van der Waals surface area contributed by atoms with Gasteiger partial charge in [0, 0.05) is 0 Å². The molecule has 0 aliphatic rings. The van der Waals surface area contributed by atoms with E-state index in [-0.39, 0.29) is 0 Å². The maximum Gasteiger partial charge on any atom is 0.178 e. The third-order valence-corrected chi connectivity index (χ3v) is 3.13. The van der Waals surface area contributed by atoms with Crippen molar-refractivity contribution in [3.05, 3.63) is 39.6 Å². The number of aryl methyl sites for hydroxylation is 1. The number of hydrogen-bond acceptors (Lipinski definition) is 2. The van der Waals surface area contributed by atoms with Crippen molar-refractivity contribution in [3.63, 3.8) is 0 Å². The van der Waals surface area contributed by atoms with Gasteiger partial charge in [-0.2, -0.15) is 4.73 Å². The summed E-state index contributed by atoms with van der Waals surface area (Å²) >= 11 is 12.1. The third kappa shape index (κ3) is 1.66. The molecule has 0 atom stereocenters. The predicted octanol–water partition coefficient (Wildman–Crippen LogP) is 3.71. The highest BCUT2D eigenvalue weighted by molar-refractivity contribution is 6.38. The normalized spacial score (nSPS) is 10.8. The molecule has 0 spiro atoms. The molecule has 0 bridgehead atoms. The Morgan fingerprint density at radius 2 is 1.75 bits per heavy atom. The second-order valence-corrected chi connectivity index (χ2v) is 4.33. The summed E-state index contributed by atoms with van der Waals surface area (Å²) in [7, 11) is 0. The molecule has 1 aromatic heterocycles. The van der Waals surface area contributed by atoms with Gasteiger partial charge in [-0.3, -0.25) is 0 Å². The maximum absolute atomic E-state index is 9.86. The minimum atomic E-state index is 0.366. The number of rotatable bonds is 1. The third-order valence-electron chi connectivity index (χ3n) is 2.50. The first-order valence-corrected chi connectivity index (χ1v) is 5.47. The van der Waals surface area contributed by atoms with Crippen molar-refractivity contribution in [2.75, 3.05) is 0 Å². The van der Waals surface area contributed by atoms with Crippen LogP contribution in [0, 0.1) is 13.8 Å². The Labute approximate surface area is 103 Å².